The third-order valence-corrected chi connectivity index (χ3v) is 2.94. The molecule has 0 radical (unpaired) electrons. The molecule has 0 aromatic heterocycles. The molecule has 1 heterocycles. The molecule has 1 saturated carbocycles. The molecular weight excluding hydrogens is 162 g/mol. The maximum atomic E-state index is 3.58. The second kappa shape index (κ2) is 3.95. The molecule has 1 N–H and O–H groups in total. The monoisotopic (exact) mass is 183 g/mol. The number of hydrogen-bond donors (Lipinski definition) is 1. The lowest BCUT2D eigenvalue weighted by atomic mass is 10.2. The van der Waals surface area contributed by atoms with Gasteiger partial charge in [-0.05, 0) is 26.9 Å². The quantitative estimate of drug-likeness (QED) is 0.663. The van der Waals surface area contributed by atoms with Gasteiger partial charge >= 0.3 is 0 Å². The molecule has 1 saturated heterocycles. The van der Waals surface area contributed by atoms with Gasteiger partial charge in [0, 0.05) is 38.3 Å². The molecule has 2 rings (SSSR count). The fourth-order valence-corrected chi connectivity index (χ4v) is 2.19. The Bertz CT molecular complexity index is 166. The number of nitrogens with one attached hydrogen (secondary N) is 1. The maximum absolute atomic E-state index is 3.58. The van der Waals surface area contributed by atoms with Crippen molar-refractivity contribution in [2.24, 2.45) is 0 Å². The fourth-order valence-electron chi connectivity index (χ4n) is 2.19. The Labute approximate surface area is 81.1 Å². The van der Waals surface area contributed by atoms with Crippen LogP contribution in [0.5, 0.6) is 0 Å². The van der Waals surface area contributed by atoms with E-state index in [0.29, 0.717) is 6.04 Å². The molecular formula is C10H21N3. The first-order chi connectivity index (χ1) is 6.25. The van der Waals surface area contributed by atoms with E-state index in [2.05, 4.69) is 29.2 Å². The highest BCUT2D eigenvalue weighted by molar-refractivity contribution is 4.90. The average Bonchev–Trinajstić information content (AvgIpc) is 2.85. The standard InChI is InChI=1S/C10H21N3/c1-12(2)7-9-8-13(6-5-11-9)10-3-4-10/h9-11H,3-8H2,1-2H3. The molecule has 3 heteroatoms. The second-order valence-electron chi connectivity index (χ2n) is 4.64. The summed E-state index contributed by atoms with van der Waals surface area (Å²) in [5, 5.41) is 3.58. The van der Waals surface area contributed by atoms with Crippen molar-refractivity contribution in [1.82, 2.24) is 15.1 Å². The lowest BCUT2D eigenvalue weighted by molar-refractivity contribution is 0.171. The van der Waals surface area contributed by atoms with Gasteiger partial charge in [0.15, 0.2) is 0 Å². The highest BCUT2D eigenvalue weighted by atomic mass is 15.3. The lowest BCUT2D eigenvalue weighted by Crippen LogP contribution is -2.54. The van der Waals surface area contributed by atoms with Gasteiger partial charge in [0.25, 0.3) is 0 Å². The van der Waals surface area contributed by atoms with Crippen LogP contribution in [0.1, 0.15) is 12.8 Å². The number of likely N-dealkylation sites (N-methyl/N-ethyl adjacent to an activating group) is 1. The highest BCUT2D eigenvalue weighted by Crippen LogP contribution is 2.27. The molecule has 1 aliphatic heterocycles. The minimum Gasteiger partial charge on any atom is -0.310 e. The fraction of sp³-hybridized carbons (Fsp3) is 1.00. The van der Waals surface area contributed by atoms with Crippen LogP contribution in [0, 0.1) is 0 Å². The molecule has 76 valence electrons. The summed E-state index contributed by atoms with van der Waals surface area (Å²) in [7, 11) is 4.30. The topological polar surface area (TPSA) is 18.5 Å². The Hall–Kier alpha value is -0.120. The van der Waals surface area contributed by atoms with E-state index in [1.807, 2.05) is 0 Å². The van der Waals surface area contributed by atoms with Crippen molar-refractivity contribution in [2.75, 3.05) is 40.3 Å². The summed E-state index contributed by atoms with van der Waals surface area (Å²) in [6.07, 6.45) is 2.88. The molecule has 0 amide bonds. The highest BCUT2D eigenvalue weighted by Gasteiger charge is 2.32. The van der Waals surface area contributed by atoms with Gasteiger partial charge in [0.2, 0.25) is 0 Å². The summed E-state index contributed by atoms with van der Waals surface area (Å²) in [4.78, 5) is 4.93. The van der Waals surface area contributed by atoms with Crippen LogP contribution >= 0.6 is 0 Å². The van der Waals surface area contributed by atoms with Crippen LogP contribution in [0.2, 0.25) is 0 Å². The molecule has 1 unspecified atom stereocenters. The van der Waals surface area contributed by atoms with Gasteiger partial charge in [-0.15, -0.1) is 0 Å². The number of hydrogen-bond acceptors (Lipinski definition) is 3. The van der Waals surface area contributed by atoms with Gasteiger partial charge in [0.1, 0.15) is 0 Å². The van der Waals surface area contributed by atoms with E-state index < -0.39 is 0 Å². The zero-order valence-electron chi connectivity index (χ0n) is 8.79. The number of piperazine rings is 1. The van der Waals surface area contributed by atoms with Gasteiger partial charge in [-0.3, -0.25) is 4.90 Å². The number of rotatable bonds is 3. The third kappa shape index (κ3) is 2.66. The molecule has 1 atom stereocenters. The Kier molecular flexibility index (Phi) is 2.86. The van der Waals surface area contributed by atoms with Crippen LogP contribution in [0.4, 0.5) is 0 Å². The molecule has 1 aliphatic carbocycles. The summed E-state index contributed by atoms with van der Waals surface area (Å²) in [6, 6.07) is 1.62. The van der Waals surface area contributed by atoms with E-state index in [0.717, 1.165) is 6.04 Å². The van der Waals surface area contributed by atoms with Crippen molar-refractivity contribution in [3.05, 3.63) is 0 Å². The molecule has 3 nitrogen and oxygen atoms in total. The predicted octanol–water partition coefficient (Wildman–Crippen LogP) is -0.0158. The smallest absolute Gasteiger partial charge is 0.0323 e. The minimum atomic E-state index is 0.685. The van der Waals surface area contributed by atoms with Crippen LogP contribution in [-0.2, 0) is 0 Å². The second-order valence-corrected chi connectivity index (χ2v) is 4.64. The van der Waals surface area contributed by atoms with Gasteiger partial charge in [-0.2, -0.15) is 0 Å². The normalized spacial score (nSPS) is 31.2. The van der Waals surface area contributed by atoms with E-state index in [-0.39, 0.29) is 0 Å². The van der Waals surface area contributed by atoms with Gasteiger partial charge in [0.05, 0.1) is 0 Å². The van der Waals surface area contributed by atoms with Crippen LogP contribution in [0.3, 0.4) is 0 Å². The molecule has 0 spiro atoms. The Morgan fingerprint density at radius 1 is 1.38 bits per heavy atom. The maximum Gasteiger partial charge on any atom is 0.0323 e. The van der Waals surface area contributed by atoms with E-state index in [4.69, 9.17) is 0 Å². The molecule has 2 aliphatic rings. The first kappa shape index (κ1) is 9.44. The van der Waals surface area contributed by atoms with Crippen molar-refractivity contribution >= 4 is 0 Å². The molecule has 0 aromatic carbocycles. The molecule has 0 aromatic rings. The van der Waals surface area contributed by atoms with Crippen molar-refractivity contribution in [1.29, 1.82) is 0 Å². The Morgan fingerprint density at radius 2 is 2.15 bits per heavy atom. The van der Waals surface area contributed by atoms with Crippen molar-refractivity contribution < 1.29 is 0 Å². The molecule has 0 bridgehead atoms. The van der Waals surface area contributed by atoms with Crippen molar-refractivity contribution in [2.45, 2.75) is 24.9 Å². The zero-order valence-corrected chi connectivity index (χ0v) is 8.79. The Morgan fingerprint density at radius 3 is 2.77 bits per heavy atom. The van der Waals surface area contributed by atoms with Gasteiger partial charge in [-0.25, -0.2) is 0 Å². The largest absolute Gasteiger partial charge is 0.310 e. The van der Waals surface area contributed by atoms with Crippen LogP contribution < -0.4 is 5.32 Å². The molecule has 13 heavy (non-hydrogen) atoms. The summed E-state index contributed by atoms with van der Waals surface area (Å²) in [6.45, 7) is 4.86. The van der Waals surface area contributed by atoms with Crippen LogP contribution in [0.25, 0.3) is 0 Å². The van der Waals surface area contributed by atoms with Crippen molar-refractivity contribution in [3.8, 4) is 0 Å². The molecule has 2 fully saturated rings. The zero-order chi connectivity index (χ0) is 9.26. The summed E-state index contributed by atoms with van der Waals surface area (Å²) in [5.41, 5.74) is 0. The third-order valence-electron chi connectivity index (χ3n) is 2.94. The minimum absolute atomic E-state index is 0.685. The van der Waals surface area contributed by atoms with Gasteiger partial charge < -0.3 is 10.2 Å². The predicted molar refractivity (Wildman–Crippen MR) is 54.9 cm³/mol. The van der Waals surface area contributed by atoms with E-state index in [9.17, 15) is 0 Å². The lowest BCUT2D eigenvalue weighted by Gasteiger charge is -2.35. The summed E-state index contributed by atoms with van der Waals surface area (Å²) in [5.74, 6) is 0. The number of nitrogens with zero attached hydrogens (tertiary/aromatic N) is 2. The SMILES string of the molecule is CN(C)CC1CN(C2CC2)CCN1. The summed E-state index contributed by atoms with van der Waals surface area (Å²) < 4.78 is 0. The Balaban J connectivity index is 1.77. The van der Waals surface area contributed by atoms with Gasteiger partial charge in [-0.1, -0.05) is 0 Å². The van der Waals surface area contributed by atoms with E-state index in [1.54, 1.807) is 0 Å². The average molecular weight is 183 g/mol. The summed E-state index contributed by atoms with van der Waals surface area (Å²) >= 11 is 0. The van der Waals surface area contributed by atoms with Crippen molar-refractivity contribution in [3.63, 3.8) is 0 Å². The first-order valence-corrected chi connectivity index (χ1v) is 5.38. The van der Waals surface area contributed by atoms with E-state index in [1.165, 1.54) is 39.0 Å². The van der Waals surface area contributed by atoms with Crippen LogP contribution in [-0.4, -0.2) is 62.2 Å². The van der Waals surface area contributed by atoms with E-state index >= 15 is 0 Å². The van der Waals surface area contributed by atoms with Crippen LogP contribution in [0.15, 0.2) is 0 Å². The first-order valence-electron chi connectivity index (χ1n) is 5.38.